The van der Waals surface area contributed by atoms with Crippen LogP contribution in [0, 0.1) is 28.4 Å². The molecule has 0 aromatic heterocycles. The normalized spacial score (nSPS) is 13.6. The van der Waals surface area contributed by atoms with Crippen molar-refractivity contribution >= 4 is 17.4 Å². The van der Waals surface area contributed by atoms with Gasteiger partial charge in [-0.15, -0.1) is 0 Å². The van der Waals surface area contributed by atoms with E-state index in [1.807, 2.05) is 31.2 Å². The summed E-state index contributed by atoms with van der Waals surface area (Å²) >= 11 is 1.50. The van der Waals surface area contributed by atoms with Crippen molar-refractivity contribution in [3.63, 3.8) is 0 Å². The molecule has 110 valence electrons. The van der Waals surface area contributed by atoms with Crippen LogP contribution in [0.15, 0.2) is 46.2 Å². The molecule has 0 heterocycles. The van der Waals surface area contributed by atoms with Crippen molar-refractivity contribution in [1.82, 2.24) is 0 Å². The number of nitro groups is 1. The molecule has 0 saturated heterocycles. The molecule has 0 bridgehead atoms. The van der Waals surface area contributed by atoms with Crippen LogP contribution in [0.1, 0.15) is 35.4 Å². The minimum absolute atomic E-state index is 0.220. The van der Waals surface area contributed by atoms with Gasteiger partial charge in [-0.2, -0.15) is 5.26 Å². The van der Waals surface area contributed by atoms with Crippen molar-refractivity contribution < 1.29 is 4.92 Å². The summed E-state index contributed by atoms with van der Waals surface area (Å²) in [5.74, 6) is 0.312. The van der Waals surface area contributed by atoms with Gasteiger partial charge in [-0.1, -0.05) is 23.9 Å². The van der Waals surface area contributed by atoms with E-state index in [9.17, 15) is 15.4 Å². The Morgan fingerprint density at radius 2 is 2.00 bits per heavy atom. The van der Waals surface area contributed by atoms with E-state index in [-0.39, 0.29) is 10.6 Å². The first-order valence-electron chi connectivity index (χ1n) is 7.06. The highest BCUT2D eigenvalue weighted by atomic mass is 32.2. The largest absolute Gasteiger partial charge is 0.273 e. The van der Waals surface area contributed by atoms with Crippen LogP contribution in [0.4, 0.5) is 5.69 Å². The van der Waals surface area contributed by atoms with Gasteiger partial charge in [-0.25, -0.2) is 0 Å². The third-order valence-corrected chi connectivity index (χ3v) is 5.00. The minimum Gasteiger partial charge on any atom is -0.258 e. The van der Waals surface area contributed by atoms with E-state index in [0.717, 1.165) is 33.8 Å². The lowest BCUT2D eigenvalue weighted by atomic mass is 10.1. The Morgan fingerprint density at radius 3 is 2.64 bits per heavy atom. The molecule has 0 atom stereocenters. The number of nitro benzene ring substituents is 1. The Kier molecular flexibility index (Phi) is 3.86. The Hall–Kier alpha value is -2.32. The minimum atomic E-state index is -0.293. The Morgan fingerprint density at radius 1 is 1.27 bits per heavy atom. The van der Waals surface area contributed by atoms with Gasteiger partial charge in [0.1, 0.15) is 6.07 Å². The Bertz CT molecular complexity index is 792. The number of hydrogen-bond donors (Lipinski definition) is 0. The molecule has 5 heteroatoms. The number of benzene rings is 2. The van der Waals surface area contributed by atoms with E-state index in [2.05, 4.69) is 6.07 Å². The first-order valence-corrected chi connectivity index (χ1v) is 7.87. The topological polar surface area (TPSA) is 66.9 Å². The summed E-state index contributed by atoms with van der Waals surface area (Å²) in [6.07, 6.45) is 2.03. The summed E-state index contributed by atoms with van der Waals surface area (Å²) in [4.78, 5) is 12.8. The molecular formula is C17H14N2O2S. The van der Waals surface area contributed by atoms with Crippen molar-refractivity contribution in [2.45, 2.75) is 35.5 Å². The lowest BCUT2D eigenvalue weighted by Crippen LogP contribution is -1.96. The zero-order chi connectivity index (χ0) is 15.7. The number of aryl methyl sites for hydroxylation is 1. The summed E-state index contributed by atoms with van der Waals surface area (Å²) in [7, 11) is 0. The second kappa shape index (κ2) is 5.82. The zero-order valence-electron chi connectivity index (χ0n) is 12.1. The number of rotatable bonds is 4. The van der Waals surface area contributed by atoms with E-state index in [1.165, 1.54) is 11.8 Å². The Balaban J connectivity index is 2.02. The predicted octanol–water partition coefficient (Wildman–Crippen LogP) is 4.80. The first-order chi connectivity index (χ1) is 10.6. The Labute approximate surface area is 132 Å². The second-order valence-electron chi connectivity index (χ2n) is 5.42. The molecule has 1 aliphatic rings. The van der Waals surface area contributed by atoms with Crippen LogP contribution >= 0.6 is 11.8 Å². The van der Waals surface area contributed by atoms with Crippen LogP contribution < -0.4 is 0 Å². The quantitative estimate of drug-likeness (QED) is 0.600. The third-order valence-electron chi connectivity index (χ3n) is 3.77. The van der Waals surface area contributed by atoms with Crippen LogP contribution in [-0.2, 0) is 0 Å². The molecule has 0 amide bonds. The molecule has 0 spiro atoms. The molecule has 1 saturated carbocycles. The SMILES string of the molecule is Cc1cc([N+](=O)[O-])c(C2CC2)cc1Sc1ccccc1C#N. The van der Waals surface area contributed by atoms with Gasteiger partial charge in [0.25, 0.3) is 5.69 Å². The van der Waals surface area contributed by atoms with Crippen molar-refractivity contribution in [3.05, 3.63) is 63.2 Å². The number of nitriles is 1. The van der Waals surface area contributed by atoms with Crippen molar-refractivity contribution in [2.75, 3.05) is 0 Å². The van der Waals surface area contributed by atoms with Gasteiger partial charge in [0, 0.05) is 21.4 Å². The second-order valence-corrected chi connectivity index (χ2v) is 6.50. The lowest BCUT2D eigenvalue weighted by Gasteiger charge is -2.10. The molecular weight excluding hydrogens is 296 g/mol. The zero-order valence-corrected chi connectivity index (χ0v) is 12.9. The fraction of sp³-hybridized carbons (Fsp3) is 0.235. The van der Waals surface area contributed by atoms with Crippen LogP contribution in [0.25, 0.3) is 0 Å². The van der Waals surface area contributed by atoms with Crippen LogP contribution in [-0.4, -0.2) is 4.92 Å². The van der Waals surface area contributed by atoms with Gasteiger partial charge in [0.05, 0.1) is 10.5 Å². The third kappa shape index (κ3) is 2.83. The molecule has 2 aromatic rings. The maximum Gasteiger partial charge on any atom is 0.273 e. The van der Waals surface area contributed by atoms with Gasteiger partial charge in [0.2, 0.25) is 0 Å². The predicted molar refractivity (Wildman–Crippen MR) is 85.1 cm³/mol. The van der Waals surface area contributed by atoms with E-state index < -0.39 is 0 Å². The summed E-state index contributed by atoms with van der Waals surface area (Å²) in [6.45, 7) is 1.88. The van der Waals surface area contributed by atoms with Crippen molar-refractivity contribution in [3.8, 4) is 6.07 Å². The van der Waals surface area contributed by atoms with Gasteiger partial charge in [0.15, 0.2) is 0 Å². The van der Waals surface area contributed by atoms with Crippen molar-refractivity contribution in [1.29, 1.82) is 5.26 Å². The van der Waals surface area contributed by atoms with E-state index >= 15 is 0 Å². The van der Waals surface area contributed by atoms with Crippen LogP contribution in [0.3, 0.4) is 0 Å². The average Bonchev–Trinajstić information content (AvgIpc) is 3.34. The fourth-order valence-electron chi connectivity index (χ4n) is 2.44. The standard InChI is InChI=1S/C17H14N2O2S/c1-11-8-15(19(20)21)14(12-6-7-12)9-17(11)22-16-5-3-2-4-13(16)10-18/h2-5,8-9,12H,6-7H2,1H3. The number of hydrogen-bond acceptors (Lipinski definition) is 4. The number of nitrogens with zero attached hydrogens (tertiary/aromatic N) is 2. The average molecular weight is 310 g/mol. The monoisotopic (exact) mass is 310 g/mol. The summed E-state index contributed by atoms with van der Waals surface area (Å²) in [5.41, 5.74) is 2.54. The molecule has 1 fully saturated rings. The molecule has 22 heavy (non-hydrogen) atoms. The summed E-state index contributed by atoms with van der Waals surface area (Å²) in [6, 6.07) is 13.2. The van der Waals surface area contributed by atoms with Gasteiger partial charge in [-0.05, 0) is 49.4 Å². The highest BCUT2D eigenvalue weighted by molar-refractivity contribution is 7.99. The maximum absolute atomic E-state index is 11.2. The lowest BCUT2D eigenvalue weighted by molar-refractivity contribution is -0.385. The molecule has 3 rings (SSSR count). The van der Waals surface area contributed by atoms with Crippen molar-refractivity contribution in [2.24, 2.45) is 0 Å². The summed E-state index contributed by atoms with van der Waals surface area (Å²) in [5, 5.41) is 20.4. The molecule has 0 unspecified atom stereocenters. The molecule has 4 nitrogen and oxygen atoms in total. The molecule has 2 aromatic carbocycles. The molecule has 0 aliphatic heterocycles. The maximum atomic E-state index is 11.2. The highest BCUT2D eigenvalue weighted by Gasteiger charge is 2.31. The van der Waals surface area contributed by atoms with Crippen LogP contribution in [0.5, 0.6) is 0 Å². The molecule has 0 radical (unpaired) electrons. The van der Waals surface area contributed by atoms with Gasteiger partial charge >= 0.3 is 0 Å². The van der Waals surface area contributed by atoms with E-state index in [4.69, 9.17) is 0 Å². The molecule has 1 aliphatic carbocycles. The highest BCUT2D eigenvalue weighted by Crippen LogP contribution is 2.46. The van der Waals surface area contributed by atoms with Crippen LogP contribution in [0.2, 0.25) is 0 Å². The van der Waals surface area contributed by atoms with Gasteiger partial charge < -0.3 is 0 Å². The molecule has 0 N–H and O–H groups in total. The first kappa shape index (κ1) is 14.6. The fourth-order valence-corrected chi connectivity index (χ4v) is 3.46. The summed E-state index contributed by atoms with van der Waals surface area (Å²) < 4.78 is 0. The van der Waals surface area contributed by atoms with Gasteiger partial charge in [-0.3, -0.25) is 10.1 Å². The smallest absolute Gasteiger partial charge is 0.258 e. The van der Waals surface area contributed by atoms with E-state index in [0.29, 0.717) is 11.5 Å². The van der Waals surface area contributed by atoms with E-state index in [1.54, 1.807) is 12.1 Å².